The van der Waals surface area contributed by atoms with Crippen molar-refractivity contribution in [3.05, 3.63) is 65.7 Å². The lowest BCUT2D eigenvalue weighted by molar-refractivity contribution is -0.131. The fourth-order valence-corrected chi connectivity index (χ4v) is 2.13. The number of carbonyl (C=O) groups excluding carboxylic acids is 3. The Labute approximate surface area is 156 Å². The highest BCUT2D eigenvalue weighted by Gasteiger charge is 2.14. The zero-order valence-electron chi connectivity index (χ0n) is 14.9. The molecule has 0 unspecified atom stereocenters. The molecule has 1 amide bonds. The average molecular weight is 369 g/mol. The van der Waals surface area contributed by atoms with Crippen LogP contribution in [0.1, 0.15) is 22.8 Å². The number of hydrogen-bond donors (Lipinski definition) is 2. The topological polar surface area (TPSA) is 102 Å². The van der Waals surface area contributed by atoms with Gasteiger partial charge in [0.25, 0.3) is 5.91 Å². The number of amides is 1. The second-order valence-electron chi connectivity index (χ2n) is 5.37. The van der Waals surface area contributed by atoms with Crippen molar-refractivity contribution in [3.8, 4) is 5.75 Å². The van der Waals surface area contributed by atoms with Gasteiger partial charge in [0.15, 0.2) is 0 Å². The van der Waals surface area contributed by atoms with Gasteiger partial charge in [0.1, 0.15) is 11.5 Å². The third-order valence-corrected chi connectivity index (χ3v) is 3.53. The van der Waals surface area contributed by atoms with Gasteiger partial charge in [-0.3, -0.25) is 9.59 Å². The number of aliphatic hydroxyl groups is 1. The zero-order chi connectivity index (χ0) is 19.8. The number of hydrogen-bond acceptors (Lipinski definition) is 6. The SMILES string of the molecule is CCOC(=O)c1ccc(NC(=O)C(=O)/C=C(\O)c2ccc(OC)cc2)cc1. The van der Waals surface area contributed by atoms with Gasteiger partial charge >= 0.3 is 5.97 Å². The van der Waals surface area contributed by atoms with Crippen LogP contribution in [0.25, 0.3) is 5.76 Å². The van der Waals surface area contributed by atoms with Crippen LogP contribution in [0.4, 0.5) is 5.69 Å². The zero-order valence-corrected chi connectivity index (χ0v) is 14.9. The number of ketones is 1. The number of ether oxygens (including phenoxy) is 2. The molecule has 27 heavy (non-hydrogen) atoms. The molecule has 7 nitrogen and oxygen atoms in total. The quantitative estimate of drug-likeness (QED) is 0.337. The second-order valence-corrected chi connectivity index (χ2v) is 5.37. The smallest absolute Gasteiger partial charge is 0.338 e. The molecule has 2 N–H and O–H groups in total. The van der Waals surface area contributed by atoms with E-state index >= 15 is 0 Å². The van der Waals surface area contributed by atoms with E-state index < -0.39 is 17.7 Å². The number of benzene rings is 2. The second kappa shape index (κ2) is 9.19. The lowest BCUT2D eigenvalue weighted by atomic mass is 10.1. The van der Waals surface area contributed by atoms with Gasteiger partial charge in [-0.1, -0.05) is 0 Å². The van der Waals surface area contributed by atoms with Crippen molar-refractivity contribution in [3.63, 3.8) is 0 Å². The first-order chi connectivity index (χ1) is 12.9. The van der Waals surface area contributed by atoms with Crippen molar-refractivity contribution in [2.45, 2.75) is 6.92 Å². The molecule has 0 aliphatic carbocycles. The molecule has 0 saturated carbocycles. The minimum absolute atomic E-state index is 0.260. The maximum absolute atomic E-state index is 12.0. The van der Waals surface area contributed by atoms with Crippen LogP contribution < -0.4 is 10.1 Å². The van der Waals surface area contributed by atoms with Crippen LogP contribution in [0, 0.1) is 0 Å². The summed E-state index contributed by atoms with van der Waals surface area (Å²) < 4.78 is 9.87. The molecule has 2 aromatic rings. The van der Waals surface area contributed by atoms with E-state index in [0.717, 1.165) is 6.08 Å². The minimum Gasteiger partial charge on any atom is -0.507 e. The first kappa shape index (κ1) is 19.7. The molecule has 0 heterocycles. The molecule has 0 saturated heterocycles. The fourth-order valence-electron chi connectivity index (χ4n) is 2.13. The van der Waals surface area contributed by atoms with E-state index in [1.54, 1.807) is 31.2 Å². The molecule has 140 valence electrons. The predicted octanol–water partition coefficient (Wildman–Crippen LogP) is 2.98. The van der Waals surface area contributed by atoms with Crippen LogP contribution in [0.3, 0.4) is 0 Å². The molecule has 7 heteroatoms. The van der Waals surface area contributed by atoms with Gasteiger partial charge in [-0.2, -0.15) is 0 Å². The highest BCUT2D eigenvalue weighted by atomic mass is 16.5. The van der Waals surface area contributed by atoms with Crippen molar-refractivity contribution < 1.29 is 29.0 Å². The Morgan fingerprint density at radius 1 is 1.00 bits per heavy atom. The molecule has 0 fully saturated rings. The standard InChI is InChI=1S/C20H19NO6/c1-3-27-20(25)14-4-8-15(9-5-14)21-19(24)18(23)12-17(22)13-6-10-16(26-2)11-7-13/h4-12,22H,3H2,1-2H3,(H,21,24)/b17-12-. The molecule has 0 spiro atoms. The van der Waals surface area contributed by atoms with Gasteiger partial charge in [-0.25, -0.2) is 4.79 Å². The van der Waals surface area contributed by atoms with E-state index in [1.807, 2.05) is 0 Å². The molecule has 2 rings (SSSR count). The van der Waals surface area contributed by atoms with Gasteiger partial charge in [-0.15, -0.1) is 0 Å². The molecular weight excluding hydrogens is 350 g/mol. The molecule has 2 aromatic carbocycles. The molecule has 0 radical (unpaired) electrons. The van der Waals surface area contributed by atoms with Crippen LogP contribution in [0.15, 0.2) is 54.6 Å². The minimum atomic E-state index is -0.919. The summed E-state index contributed by atoms with van der Waals surface area (Å²) in [4.78, 5) is 35.5. The highest BCUT2D eigenvalue weighted by molar-refractivity contribution is 6.45. The third-order valence-electron chi connectivity index (χ3n) is 3.53. The Morgan fingerprint density at radius 2 is 1.59 bits per heavy atom. The maximum Gasteiger partial charge on any atom is 0.338 e. The van der Waals surface area contributed by atoms with Crippen LogP contribution in [0.2, 0.25) is 0 Å². The Hall–Kier alpha value is -3.61. The molecule has 0 aromatic heterocycles. The fraction of sp³-hybridized carbons (Fsp3) is 0.150. The van der Waals surface area contributed by atoms with E-state index in [0.29, 0.717) is 22.6 Å². The first-order valence-corrected chi connectivity index (χ1v) is 8.12. The molecule has 0 aliphatic rings. The summed E-state index contributed by atoms with van der Waals surface area (Å²) in [7, 11) is 1.51. The maximum atomic E-state index is 12.0. The predicted molar refractivity (Wildman–Crippen MR) is 99.6 cm³/mol. The Kier molecular flexibility index (Phi) is 6.71. The summed E-state index contributed by atoms with van der Waals surface area (Å²) in [5.74, 6) is -2.05. The Bertz CT molecular complexity index is 853. The third kappa shape index (κ3) is 5.43. The first-order valence-electron chi connectivity index (χ1n) is 8.12. The van der Waals surface area contributed by atoms with Gasteiger partial charge in [0.2, 0.25) is 5.78 Å². The molecule has 0 atom stereocenters. The summed E-state index contributed by atoms with van der Waals surface area (Å²) >= 11 is 0. The number of anilines is 1. The number of nitrogens with one attached hydrogen (secondary N) is 1. The van der Waals surface area contributed by atoms with E-state index in [1.165, 1.54) is 31.4 Å². The van der Waals surface area contributed by atoms with Crippen LogP contribution >= 0.6 is 0 Å². The summed E-state index contributed by atoms with van der Waals surface area (Å²) in [5.41, 5.74) is 1.03. The summed E-state index contributed by atoms with van der Waals surface area (Å²) in [6.07, 6.45) is 0.837. The number of rotatable bonds is 7. The number of carbonyl (C=O) groups is 3. The molecule has 0 bridgehead atoms. The van der Waals surface area contributed by atoms with E-state index in [4.69, 9.17) is 9.47 Å². The van der Waals surface area contributed by atoms with Crippen molar-refractivity contribution in [1.82, 2.24) is 0 Å². The molecule has 0 aliphatic heterocycles. The van der Waals surface area contributed by atoms with E-state index in [9.17, 15) is 19.5 Å². The van der Waals surface area contributed by atoms with Crippen LogP contribution in [-0.4, -0.2) is 36.5 Å². The lowest BCUT2D eigenvalue weighted by Gasteiger charge is -2.06. The van der Waals surface area contributed by atoms with Gasteiger partial charge in [0, 0.05) is 17.3 Å². The van der Waals surface area contributed by atoms with E-state index in [2.05, 4.69) is 5.32 Å². The summed E-state index contributed by atoms with van der Waals surface area (Å²) in [6.45, 7) is 1.96. The summed E-state index contributed by atoms with van der Waals surface area (Å²) in [5, 5.41) is 12.4. The Morgan fingerprint density at radius 3 is 2.15 bits per heavy atom. The average Bonchev–Trinajstić information content (AvgIpc) is 2.68. The van der Waals surface area contributed by atoms with E-state index in [-0.39, 0.29) is 12.4 Å². The summed E-state index contributed by atoms with van der Waals surface area (Å²) in [6, 6.07) is 12.3. The Balaban J connectivity index is 2.02. The lowest BCUT2D eigenvalue weighted by Crippen LogP contribution is -2.21. The monoisotopic (exact) mass is 369 g/mol. The van der Waals surface area contributed by atoms with Gasteiger partial charge in [-0.05, 0) is 55.5 Å². The van der Waals surface area contributed by atoms with Gasteiger partial charge in [0.05, 0.1) is 19.3 Å². The van der Waals surface area contributed by atoms with Crippen molar-refractivity contribution in [2.75, 3.05) is 19.0 Å². The largest absolute Gasteiger partial charge is 0.507 e. The number of esters is 1. The van der Waals surface area contributed by atoms with Crippen molar-refractivity contribution in [2.24, 2.45) is 0 Å². The number of aliphatic hydroxyl groups excluding tert-OH is 1. The highest BCUT2D eigenvalue weighted by Crippen LogP contribution is 2.17. The number of methoxy groups -OCH3 is 1. The van der Waals surface area contributed by atoms with Crippen LogP contribution in [-0.2, 0) is 14.3 Å². The van der Waals surface area contributed by atoms with Crippen molar-refractivity contribution in [1.29, 1.82) is 0 Å². The van der Waals surface area contributed by atoms with Crippen LogP contribution in [0.5, 0.6) is 5.75 Å². The van der Waals surface area contributed by atoms with Crippen molar-refractivity contribution >= 4 is 29.1 Å². The van der Waals surface area contributed by atoms with Gasteiger partial charge < -0.3 is 19.9 Å². The molecular formula is C20H19NO6. The normalized spacial score (nSPS) is 10.8.